The van der Waals surface area contributed by atoms with Crippen molar-refractivity contribution in [2.24, 2.45) is 0 Å². The van der Waals surface area contributed by atoms with Crippen molar-refractivity contribution in [1.82, 2.24) is 27.5 Å². The van der Waals surface area contributed by atoms with Crippen molar-refractivity contribution in [2.75, 3.05) is 0 Å². The lowest BCUT2D eigenvalue weighted by atomic mass is 10.0. The number of benzene rings is 2. The molecule has 0 saturated heterocycles. The van der Waals surface area contributed by atoms with Crippen LogP contribution in [0, 0.1) is 13.8 Å². The number of rotatable bonds is 4. The van der Waals surface area contributed by atoms with Crippen LogP contribution >= 0.6 is 34.8 Å². The van der Waals surface area contributed by atoms with Crippen molar-refractivity contribution in [3.63, 3.8) is 0 Å². The number of fused-ring (bicyclic) bond motifs is 2. The zero-order valence-electron chi connectivity index (χ0n) is 18.8. The molecule has 0 spiro atoms. The second-order valence-corrected chi connectivity index (χ2v) is 10.8. The zero-order chi connectivity index (χ0) is 23.5. The van der Waals surface area contributed by atoms with Gasteiger partial charge in [0.15, 0.2) is 0 Å². The van der Waals surface area contributed by atoms with Crippen molar-refractivity contribution < 1.29 is 0 Å². The first-order valence-corrected chi connectivity index (χ1v) is 13.4. The topological polar surface area (TPSA) is 83.1 Å². The molecule has 6 nitrogen and oxygen atoms in total. The van der Waals surface area contributed by atoms with E-state index in [9.17, 15) is 0 Å². The molecule has 0 radical (unpaired) electrons. The number of nitrogens with one attached hydrogen (secondary N) is 2. The number of aryl methyl sites for hydroxylation is 2. The summed E-state index contributed by atoms with van der Waals surface area (Å²) in [7, 11) is 0. The van der Waals surface area contributed by atoms with Crippen molar-refractivity contribution in [3.05, 3.63) is 71.2 Å². The minimum absolute atomic E-state index is 0.900. The highest BCUT2D eigenvalue weighted by Gasteiger charge is 2.18. The minimum atomic E-state index is 0.900. The van der Waals surface area contributed by atoms with Crippen molar-refractivity contribution >= 4 is 56.9 Å². The van der Waals surface area contributed by atoms with Crippen LogP contribution in [0.25, 0.3) is 66.3 Å². The first-order chi connectivity index (χ1) is 17.2. The summed E-state index contributed by atoms with van der Waals surface area (Å²) in [5, 5.41) is 0. The van der Waals surface area contributed by atoms with Crippen LogP contribution in [0.3, 0.4) is 0 Å². The molecule has 0 aliphatic heterocycles. The number of hydrogen-bond acceptors (Lipinski definition) is 7. The van der Waals surface area contributed by atoms with Gasteiger partial charge in [-0.3, -0.25) is 0 Å². The van der Waals surface area contributed by atoms with Crippen molar-refractivity contribution in [3.8, 4) is 44.2 Å². The Bertz CT molecular complexity index is 1710. The SMILES string of the molecule is Cc1ccc(-c2ccc(-c3ccc(-c4ccc(-c5ccc(C)s5)c5nsnc45)[nH]3)c3nsnc23)[nH]1. The molecule has 7 rings (SSSR count). The van der Waals surface area contributed by atoms with E-state index in [1.165, 1.54) is 33.2 Å². The molecule has 170 valence electrons. The Labute approximate surface area is 213 Å². The van der Waals surface area contributed by atoms with Crippen LogP contribution in [-0.4, -0.2) is 27.5 Å². The summed E-state index contributed by atoms with van der Waals surface area (Å²) in [6.07, 6.45) is 0. The third kappa shape index (κ3) is 3.35. The van der Waals surface area contributed by atoms with Gasteiger partial charge in [0, 0.05) is 54.8 Å². The van der Waals surface area contributed by atoms with E-state index < -0.39 is 0 Å². The van der Waals surface area contributed by atoms with Gasteiger partial charge in [-0.2, -0.15) is 17.5 Å². The van der Waals surface area contributed by atoms with Gasteiger partial charge in [0.25, 0.3) is 0 Å². The number of aromatic amines is 2. The average molecular weight is 511 g/mol. The lowest BCUT2D eigenvalue weighted by Crippen LogP contribution is -1.87. The van der Waals surface area contributed by atoms with E-state index in [2.05, 4.69) is 102 Å². The molecule has 5 heterocycles. The van der Waals surface area contributed by atoms with Crippen LogP contribution < -0.4 is 0 Å². The standard InChI is InChI=1S/C26H18N6S3/c1-13-3-9-19(27-13)15-5-6-16(24-23(15)29-34-30-24)20-10-11-21(28-20)17-7-8-18(22-12-4-14(2)33-22)26-25(17)31-35-32-26/h3-12,27-28H,1-2H3. The fourth-order valence-electron chi connectivity index (χ4n) is 4.53. The van der Waals surface area contributed by atoms with E-state index in [1.54, 1.807) is 11.3 Å². The van der Waals surface area contributed by atoms with Crippen molar-refractivity contribution in [2.45, 2.75) is 13.8 Å². The summed E-state index contributed by atoms with van der Waals surface area (Å²) in [5.41, 5.74) is 12.1. The van der Waals surface area contributed by atoms with Crippen molar-refractivity contribution in [1.29, 1.82) is 0 Å². The minimum Gasteiger partial charge on any atom is -0.359 e. The van der Waals surface area contributed by atoms with E-state index in [4.69, 9.17) is 0 Å². The summed E-state index contributed by atoms with van der Waals surface area (Å²) in [6.45, 7) is 4.18. The summed E-state index contributed by atoms with van der Waals surface area (Å²) in [5.74, 6) is 0. The predicted molar refractivity (Wildman–Crippen MR) is 146 cm³/mol. The molecule has 5 aromatic heterocycles. The Balaban J connectivity index is 1.32. The summed E-state index contributed by atoms with van der Waals surface area (Å²) < 4.78 is 18.5. The van der Waals surface area contributed by atoms with E-state index in [0.29, 0.717) is 0 Å². The highest BCUT2D eigenvalue weighted by Crippen LogP contribution is 2.39. The molecule has 2 N–H and O–H groups in total. The van der Waals surface area contributed by atoms with Crippen LogP contribution in [-0.2, 0) is 0 Å². The first-order valence-electron chi connectivity index (χ1n) is 11.1. The molecule has 0 fully saturated rings. The van der Waals surface area contributed by atoms with Gasteiger partial charge >= 0.3 is 0 Å². The number of aromatic nitrogens is 6. The van der Waals surface area contributed by atoms with Gasteiger partial charge < -0.3 is 9.97 Å². The number of thiophene rings is 1. The molecular formula is C26H18N6S3. The lowest BCUT2D eigenvalue weighted by molar-refractivity contribution is 1.27. The Hall–Kier alpha value is -3.66. The molecule has 0 amide bonds. The van der Waals surface area contributed by atoms with Gasteiger partial charge in [-0.1, -0.05) is 6.07 Å². The van der Waals surface area contributed by atoms with Gasteiger partial charge in [-0.15, -0.1) is 11.3 Å². The molecule has 7 aromatic rings. The number of nitrogens with zero attached hydrogens (tertiary/aromatic N) is 4. The van der Waals surface area contributed by atoms with Crippen LogP contribution in [0.2, 0.25) is 0 Å². The molecule has 0 atom stereocenters. The zero-order valence-corrected chi connectivity index (χ0v) is 21.2. The normalized spacial score (nSPS) is 11.7. The molecule has 35 heavy (non-hydrogen) atoms. The van der Waals surface area contributed by atoms with Gasteiger partial charge in [0.05, 0.1) is 23.5 Å². The first kappa shape index (κ1) is 20.7. The van der Waals surface area contributed by atoms with E-state index in [0.717, 1.165) is 67.1 Å². The van der Waals surface area contributed by atoms with E-state index >= 15 is 0 Å². The molecule has 9 heteroatoms. The third-order valence-electron chi connectivity index (χ3n) is 6.23. The van der Waals surface area contributed by atoms with Crippen LogP contribution in [0.4, 0.5) is 0 Å². The summed E-state index contributed by atoms with van der Waals surface area (Å²) in [6, 6.07) is 21.2. The van der Waals surface area contributed by atoms with Crippen LogP contribution in [0.5, 0.6) is 0 Å². The Kier molecular flexibility index (Phi) is 4.70. The average Bonchev–Trinajstić information content (AvgIpc) is 3.68. The predicted octanol–water partition coefficient (Wildman–Crippen LogP) is 7.70. The monoisotopic (exact) mass is 510 g/mol. The Morgan fingerprint density at radius 1 is 0.514 bits per heavy atom. The highest BCUT2D eigenvalue weighted by molar-refractivity contribution is 7.15. The Morgan fingerprint density at radius 3 is 1.49 bits per heavy atom. The fourth-order valence-corrected chi connectivity index (χ4v) is 6.57. The van der Waals surface area contributed by atoms with E-state index in [1.807, 2.05) is 0 Å². The quantitative estimate of drug-likeness (QED) is 0.254. The largest absolute Gasteiger partial charge is 0.359 e. The lowest BCUT2D eigenvalue weighted by Gasteiger charge is -2.06. The molecule has 0 aliphatic carbocycles. The fraction of sp³-hybridized carbons (Fsp3) is 0.0769. The van der Waals surface area contributed by atoms with Gasteiger partial charge in [0.2, 0.25) is 0 Å². The molecule has 0 aliphatic rings. The highest BCUT2D eigenvalue weighted by atomic mass is 32.1. The molecular weight excluding hydrogens is 493 g/mol. The van der Waals surface area contributed by atoms with Gasteiger partial charge in [-0.25, -0.2) is 0 Å². The maximum Gasteiger partial charge on any atom is 0.114 e. The third-order valence-corrected chi connectivity index (χ3v) is 8.32. The van der Waals surface area contributed by atoms with E-state index in [-0.39, 0.29) is 0 Å². The van der Waals surface area contributed by atoms with Gasteiger partial charge in [0.1, 0.15) is 22.1 Å². The maximum absolute atomic E-state index is 4.65. The van der Waals surface area contributed by atoms with Gasteiger partial charge in [-0.05, 0) is 68.4 Å². The molecule has 0 unspecified atom stereocenters. The smallest absolute Gasteiger partial charge is 0.114 e. The summed E-state index contributed by atoms with van der Waals surface area (Å²) >= 11 is 4.28. The second-order valence-electron chi connectivity index (χ2n) is 8.50. The number of H-pyrrole nitrogens is 2. The number of hydrogen-bond donors (Lipinski definition) is 2. The molecule has 2 aromatic carbocycles. The van der Waals surface area contributed by atoms with Crippen LogP contribution in [0.1, 0.15) is 10.6 Å². The Morgan fingerprint density at radius 2 is 1.00 bits per heavy atom. The second kappa shape index (κ2) is 7.94. The van der Waals surface area contributed by atoms with Crippen LogP contribution in [0.15, 0.2) is 60.7 Å². The maximum atomic E-state index is 4.65. The summed E-state index contributed by atoms with van der Waals surface area (Å²) in [4.78, 5) is 9.52. The molecule has 0 saturated carbocycles. The molecule has 0 bridgehead atoms.